The lowest BCUT2D eigenvalue weighted by Crippen LogP contribution is -2.45. The van der Waals surface area contributed by atoms with E-state index in [1.54, 1.807) is 31.2 Å². The fourth-order valence-corrected chi connectivity index (χ4v) is 4.97. The molecular weight excluding hydrogens is 499 g/mol. The van der Waals surface area contributed by atoms with Gasteiger partial charge in [0.1, 0.15) is 17.6 Å². The molecule has 0 radical (unpaired) electrons. The highest BCUT2D eigenvalue weighted by Crippen LogP contribution is 2.29. The summed E-state index contributed by atoms with van der Waals surface area (Å²) in [7, 11) is 1.27. The van der Waals surface area contributed by atoms with Gasteiger partial charge in [0, 0.05) is 23.9 Å². The van der Waals surface area contributed by atoms with E-state index < -0.39 is 17.9 Å². The second-order valence-corrected chi connectivity index (χ2v) is 10.00. The molecule has 8 heteroatoms. The van der Waals surface area contributed by atoms with Gasteiger partial charge in [-0.25, -0.2) is 9.18 Å². The number of hydrogen-bond acceptors (Lipinski definition) is 5. The predicted octanol–water partition coefficient (Wildman–Crippen LogP) is 4.49. The first-order valence-electron chi connectivity index (χ1n) is 13.1. The Kier molecular flexibility index (Phi) is 8.96. The van der Waals surface area contributed by atoms with Crippen LogP contribution >= 0.6 is 0 Å². The minimum absolute atomic E-state index is 0.111. The Balaban J connectivity index is 1.32. The quantitative estimate of drug-likeness (QED) is 0.353. The molecule has 4 rings (SSSR count). The van der Waals surface area contributed by atoms with Crippen molar-refractivity contribution in [2.24, 2.45) is 5.92 Å². The first-order valence-corrected chi connectivity index (χ1v) is 13.1. The summed E-state index contributed by atoms with van der Waals surface area (Å²) in [5, 5.41) is 15.3. The first kappa shape index (κ1) is 27.8. The molecule has 3 N–H and O–H groups in total. The van der Waals surface area contributed by atoms with Gasteiger partial charge in [-0.2, -0.15) is 0 Å². The van der Waals surface area contributed by atoms with Crippen LogP contribution in [0.1, 0.15) is 43.2 Å². The lowest BCUT2D eigenvalue weighted by Gasteiger charge is -2.20. The smallest absolute Gasteiger partial charge is 0.328 e. The number of nitrogens with one attached hydrogen (secondary N) is 2. The van der Waals surface area contributed by atoms with Crippen LogP contribution in [0.4, 0.5) is 4.39 Å². The van der Waals surface area contributed by atoms with Crippen molar-refractivity contribution in [1.29, 1.82) is 0 Å². The maximum Gasteiger partial charge on any atom is 0.328 e. The second-order valence-electron chi connectivity index (χ2n) is 10.00. The van der Waals surface area contributed by atoms with Crippen LogP contribution in [0.3, 0.4) is 0 Å². The van der Waals surface area contributed by atoms with Crippen molar-refractivity contribution >= 4 is 17.8 Å². The van der Waals surface area contributed by atoms with Crippen LogP contribution in [0.15, 0.2) is 72.8 Å². The maximum absolute atomic E-state index is 14.8. The van der Waals surface area contributed by atoms with E-state index in [0.29, 0.717) is 30.4 Å². The van der Waals surface area contributed by atoms with Crippen LogP contribution in [-0.4, -0.2) is 42.1 Å². The van der Waals surface area contributed by atoms with Crippen LogP contribution in [0.5, 0.6) is 5.75 Å². The Hall–Kier alpha value is -4.20. The van der Waals surface area contributed by atoms with Crippen molar-refractivity contribution in [3.8, 4) is 16.9 Å². The molecule has 0 heterocycles. The minimum Gasteiger partial charge on any atom is -0.508 e. The molecule has 3 aromatic rings. The van der Waals surface area contributed by atoms with E-state index in [-0.39, 0.29) is 41.8 Å². The van der Waals surface area contributed by atoms with Crippen molar-refractivity contribution in [1.82, 2.24) is 10.6 Å². The van der Waals surface area contributed by atoms with Gasteiger partial charge in [0.05, 0.1) is 13.0 Å². The highest BCUT2D eigenvalue weighted by Gasteiger charge is 2.34. The Bertz CT molecular complexity index is 1310. The molecule has 0 saturated heterocycles. The molecule has 1 aliphatic carbocycles. The SMILES string of the molecule is COC(=O)[C@H](Cc1ccc(O)cc1)NC(=O)[C@H]1CC[C@@H](NC(=O)[C@H](C)c2ccc(-c3ccccc3)c(F)c2)C1. The zero-order valence-electron chi connectivity index (χ0n) is 22.0. The van der Waals surface area contributed by atoms with Crippen LogP contribution in [0, 0.1) is 11.7 Å². The van der Waals surface area contributed by atoms with Gasteiger partial charge in [-0.3, -0.25) is 9.59 Å². The topological polar surface area (TPSA) is 105 Å². The molecule has 4 atom stereocenters. The van der Waals surface area contributed by atoms with Gasteiger partial charge in [0.25, 0.3) is 0 Å². The Labute approximate surface area is 227 Å². The third kappa shape index (κ3) is 7.02. The monoisotopic (exact) mass is 532 g/mol. The number of phenols is 1. The molecule has 1 aliphatic rings. The van der Waals surface area contributed by atoms with Gasteiger partial charge in [-0.1, -0.05) is 54.6 Å². The summed E-state index contributed by atoms with van der Waals surface area (Å²) < 4.78 is 19.7. The van der Waals surface area contributed by atoms with Crippen molar-refractivity contribution in [3.63, 3.8) is 0 Å². The number of halogens is 1. The first-order chi connectivity index (χ1) is 18.7. The van der Waals surface area contributed by atoms with Crippen LogP contribution < -0.4 is 10.6 Å². The van der Waals surface area contributed by atoms with E-state index in [4.69, 9.17) is 4.74 Å². The summed E-state index contributed by atoms with van der Waals surface area (Å²) in [6.45, 7) is 1.73. The van der Waals surface area contributed by atoms with Crippen molar-refractivity contribution in [3.05, 3.63) is 89.7 Å². The molecule has 0 bridgehead atoms. The van der Waals surface area contributed by atoms with Gasteiger partial charge in [-0.05, 0) is 61.1 Å². The number of aromatic hydroxyl groups is 1. The highest BCUT2D eigenvalue weighted by molar-refractivity contribution is 5.87. The highest BCUT2D eigenvalue weighted by atomic mass is 19.1. The predicted molar refractivity (Wildman–Crippen MR) is 145 cm³/mol. The van der Waals surface area contributed by atoms with Crippen molar-refractivity contribution in [2.75, 3.05) is 7.11 Å². The molecule has 0 aromatic heterocycles. The molecule has 0 aliphatic heterocycles. The number of amides is 2. The summed E-state index contributed by atoms with van der Waals surface area (Å²) in [6.07, 6.45) is 1.86. The van der Waals surface area contributed by atoms with Gasteiger partial charge in [0.2, 0.25) is 11.8 Å². The zero-order chi connectivity index (χ0) is 27.9. The number of carbonyl (C=O) groups excluding carboxylic acids is 3. The molecule has 39 heavy (non-hydrogen) atoms. The average Bonchev–Trinajstić information content (AvgIpc) is 3.42. The number of hydrogen-bond donors (Lipinski definition) is 3. The van der Waals surface area contributed by atoms with Gasteiger partial charge in [0.15, 0.2) is 0 Å². The third-order valence-corrected chi connectivity index (χ3v) is 7.30. The van der Waals surface area contributed by atoms with Crippen LogP contribution in [0.2, 0.25) is 0 Å². The Morgan fingerprint density at radius 3 is 2.41 bits per heavy atom. The number of benzene rings is 3. The number of methoxy groups -OCH3 is 1. The average molecular weight is 533 g/mol. The van der Waals surface area contributed by atoms with E-state index in [1.165, 1.54) is 25.3 Å². The molecule has 0 unspecified atom stereocenters. The Morgan fingerprint density at radius 1 is 1.03 bits per heavy atom. The van der Waals surface area contributed by atoms with Crippen molar-refractivity contribution in [2.45, 2.75) is 50.6 Å². The standard InChI is InChI=1S/C31H33FN2O5/c1-19(22-11-15-26(27(32)18-22)21-6-4-3-5-7-21)29(36)33-24-12-10-23(17-24)30(37)34-28(31(38)39-2)16-20-8-13-25(35)14-9-20/h3-9,11,13-15,18-19,23-24,28,35H,10,12,16-17H2,1-2H3,(H,33,36)(H,34,37)/t19-,23+,24-,28+/m1/s1. The normalized spacial score (nSPS) is 18.1. The molecular formula is C31H33FN2O5. The second kappa shape index (κ2) is 12.6. The fraction of sp³-hybridized carbons (Fsp3) is 0.323. The summed E-state index contributed by atoms with van der Waals surface area (Å²) in [6, 6.07) is 19.4. The van der Waals surface area contributed by atoms with Gasteiger partial charge < -0.3 is 20.5 Å². The summed E-state index contributed by atoms with van der Waals surface area (Å²) in [5.74, 6) is -2.26. The molecule has 204 valence electrons. The lowest BCUT2D eigenvalue weighted by molar-refractivity contribution is -0.145. The largest absolute Gasteiger partial charge is 0.508 e. The number of ether oxygens (including phenoxy) is 1. The molecule has 3 aromatic carbocycles. The minimum atomic E-state index is -0.866. The van der Waals surface area contributed by atoms with E-state index in [2.05, 4.69) is 10.6 Å². The molecule has 1 saturated carbocycles. The fourth-order valence-electron chi connectivity index (χ4n) is 4.97. The zero-order valence-corrected chi connectivity index (χ0v) is 22.0. The summed E-state index contributed by atoms with van der Waals surface area (Å²) in [4.78, 5) is 38.3. The van der Waals surface area contributed by atoms with E-state index in [9.17, 15) is 23.9 Å². The number of phenolic OH excluding ortho intramolecular Hbond substituents is 1. The molecule has 1 fully saturated rings. The van der Waals surface area contributed by atoms with Gasteiger partial charge in [-0.15, -0.1) is 0 Å². The number of rotatable bonds is 9. The maximum atomic E-state index is 14.8. The molecule has 2 amide bonds. The lowest BCUT2D eigenvalue weighted by atomic mass is 9.96. The molecule has 7 nitrogen and oxygen atoms in total. The van der Waals surface area contributed by atoms with E-state index in [1.807, 2.05) is 30.3 Å². The summed E-state index contributed by atoms with van der Waals surface area (Å²) in [5.41, 5.74) is 2.59. The number of esters is 1. The summed E-state index contributed by atoms with van der Waals surface area (Å²) >= 11 is 0. The number of carbonyl (C=O) groups is 3. The third-order valence-electron chi connectivity index (χ3n) is 7.30. The van der Waals surface area contributed by atoms with Crippen molar-refractivity contribution < 1.29 is 28.6 Å². The molecule has 0 spiro atoms. The van der Waals surface area contributed by atoms with Crippen LogP contribution in [-0.2, 0) is 25.5 Å². The van der Waals surface area contributed by atoms with E-state index >= 15 is 0 Å². The Morgan fingerprint density at radius 2 is 1.74 bits per heavy atom. The van der Waals surface area contributed by atoms with Gasteiger partial charge >= 0.3 is 5.97 Å². The van der Waals surface area contributed by atoms with Crippen LogP contribution in [0.25, 0.3) is 11.1 Å². The van der Waals surface area contributed by atoms with E-state index in [0.717, 1.165) is 11.1 Å².